The van der Waals surface area contributed by atoms with Crippen LogP contribution < -0.4 is 14.8 Å². The summed E-state index contributed by atoms with van der Waals surface area (Å²) in [5.41, 5.74) is 0.195. The predicted molar refractivity (Wildman–Crippen MR) is 82.5 cm³/mol. The van der Waals surface area contributed by atoms with Gasteiger partial charge in [-0.1, -0.05) is 6.07 Å². The van der Waals surface area contributed by atoms with E-state index in [2.05, 4.69) is 5.32 Å². The van der Waals surface area contributed by atoms with Gasteiger partial charge in [-0.25, -0.2) is 4.79 Å². The highest BCUT2D eigenvalue weighted by Gasteiger charge is 2.25. The standard InChI is InChI=1S/C16H23NO6/c1-16(2,3)23-15(20)17-11(12(19)8-18)6-10-4-5-13-14(7-10)22-9-21-13/h4-5,7,11-12,18-19H,6,8-9H2,1-3H3,(H,17,20)/t11-,12+/m0/s1. The summed E-state index contributed by atoms with van der Waals surface area (Å²) in [7, 11) is 0. The second-order valence-corrected chi connectivity index (χ2v) is 6.39. The molecule has 0 bridgehead atoms. The smallest absolute Gasteiger partial charge is 0.407 e. The molecule has 7 nitrogen and oxygen atoms in total. The molecule has 1 heterocycles. The summed E-state index contributed by atoms with van der Waals surface area (Å²) in [5.74, 6) is 1.28. The lowest BCUT2D eigenvalue weighted by atomic mass is 10.0. The molecule has 23 heavy (non-hydrogen) atoms. The molecule has 7 heteroatoms. The Balaban J connectivity index is 2.05. The second kappa shape index (κ2) is 7.06. The summed E-state index contributed by atoms with van der Waals surface area (Å²) in [4.78, 5) is 11.9. The molecule has 1 aromatic rings. The zero-order chi connectivity index (χ0) is 17.0. The highest BCUT2D eigenvalue weighted by atomic mass is 16.7. The lowest BCUT2D eigenvalue weighted by Gasteiger charge is -2.26. The number of aliphatic hydroxyl groups is 2. The average molecular weight is 325 g/mol. The normalized spacial score (nSPS) is 15.9. The number of fused-ring (bicyclic) bond motifs is 1. The largest absolute Gasteiger partial charge is 0.454 e. The van der Waals surface area contributed by atoms with Crippen LogP contribution in [0, 0.1) is 0 Å². The number of aliphatic hydroxyl groups excluding tert-OH is 2. The molecule has 0 unspecified atom stereocenters. The minimum absolute atomic E-state index is 0.178. The van der Waals surface area contributed by atoms with Crippen LogP contribution in [0.15, 0.2) is 18.2 Å². The van der Waals surface area contributed by atoms with E-state index in [9.17, 15) is 15.0 Å². The van der Waals surface area contributed by atoms with Crippen LogP contribution in [0.2, 0.25) is 0 Å². The van der Waals surface area contributed by atoms with E-state index in [-0.39, 0.29) is 6.79 Å². The van der Waals surface area contributed by atoms with Crippen molar-refractivity contribution >= 4 is 6.09 Å². The summed E-state index contributed by atoms with van der Waals surface area (Å²) >= 11 is 0. The van der Waals surface area contributed by atoms with Gasteiger partial charge in [0.15, 0.2) is 11.5 Å². The quantitative estimate of drug-likeness (QED) is 0.753. The monoisotopic (exact) mass is 325 g/mol. The Morgan fingerprint density at radius 1 is 1.35 bits per heavy atom. The van der Waals surface area contributed by atoms with Gasteiger partial charge in [0.1, 0.15) is 5.60 Å². The Hall–Kier alpha value is -1.99. The van der Waals surface area contributed by atoms with Gasteiger partial charge < -0.3 is 29.7 Å². The molecule has 0 fully saturated rings. The summed E-state index contributed by atoms with van der Waals surface area (Å²) in [6, 6.07) is 4.70. The number of amides is 1. The van der Waals surface area contributed by atoms with Gasteiger partial charge >= 0.3 is 6.09 Å². The number of carbonyl (C=O) groups is 1. The molecule has 1 aliphatic heterocycles. The van der Waals surface area contributed by atoms with Crippen LogP contribution in [0.4, 0.5) is 4.79 Å². The lowest BCUT2D eigenvalue weighted by molar-refractivity contribution is 0.0320. The van der Waals surface area contributed by atoms with Crippen LogP contribution in [-0.2, 0) is 11.2 Å². The van der Waals surface area contributed by atoms with E-state index >= 15 is 0 Å². The van der Waals surface area contributed by atoms with Gasteiger partial charge in [-0.3, -0.25) is 0 Å². The van der Waals surface area contributed by atoms with E-state index in [4.69, 9.17) is 14.2 Å². The van der Waals surface area contributed by atoms with Crippen LogP contribution in [0.5, 0.6) is 11.5 Å². The Bertz CT molecular complexity index is 554. The molecule has 0 radical (unpaired) electrons. The van der Waals surface area contributed by atoms with Crippen molar-refractivity contribution in [3.05, 3.63) is 23.8 Å². The third-order valence-corrected chi connectivity index (χ3v) is 3.25. The van der Waals surface area contributed by atoms with Gasteiger partial charge in [0, 0.05) is 0 Å². The number of carbonyl (C=O) groups excluding carboxylic acids is 1. The number of benzene rings is 1. The minimum atomic E-state index is -1.10. The van der Waals surface area contributed by atoms with Gasteiger partial charge in [-0.05, 0) is 44.9 Å². The maximum Gasteiger partial charge on any atom is 0.407 e. The molecule has 0 aromatic heterocycles. The minimum Gasteiger partial charge on any atom is -0.454 e. The number of hydrogen-bond donors (Lipinski definition) is 3. The number of ether oxygens (including phenoxy) is 3. The molecule has 128 valence electrons. The first-order valence-corrected chi connectivity index (χ1v) is 7.45. The van der Waals surface area contributed by atoms with E-state index in [0.717, 1.165) is 5.56 Å². The summed E-state index contributed by atoms with van der Waals surface area (Å²) < 4.78 is 15.7. The molecule has 1 aliphatic rings. The topological polar surface area (TPSA) is 97.3 Å². The first kappa shape index (κ1) is 17.4. The van der Waals surface area contributed by atoms with Gasteiger partial charge in [-0.2, -0.15) is 0 Å². The molecule has 2 atom stereocenters. The highest BCUT2D eigenvalue weighted by Crippen LogP contribution is 2.32. The van der Waals surface area contributed by atoms with Gasteiger partial charge in [0.2, 0.25) is 6.79 Å². The van der Waals surface area contributed by atoms with Crippen LogP contribution in [0.25, 0.3) is 0 Å². The Labute approximate surface area is 135 Å². The third-order valence-electron chi connectivity index (χ3n) is 3.25. The zero-order valence-corrected chi connectivity index (χ0v) is 13.5. The summed E-state index contributed by atoms with van der Waals surface area (Å²) in [6.07, 6.45) is -1.43. The fourth-order valence-corrected chi connectivity index (χ4v) is 2.19. The first-order valence-electron chi connectivity index (χ1n) is 7.45. The van der Waals surface area contributed by atoms with E-state index < -0.39 is 30.4 Å². The Kier molecular flexibility index (Phi) is 5.33. The Morgan fingerprint density at radius 3 is 2.70 bits per heavy atom. The van der Waals surface area contributed by atoms with Gasteiger partial charge in [0.25, 0.3) is 0 Å². The number of alkyl carbamates (subject to hydrolysis) is 1. The molecule has 0 saturated carbocycles. The zero-order valence-electron chi connectivity index (χ0n) is 13.5. The number of rotatable bonds is 5. The maximum absolute atomic E-state index is 11.9. The van der Waals surface area contributed by atoms with Crippen molar-refractivity contribution in [3.8, 4) is 11.5 Å². The van der Waals surface area contributed by atoms with Crippen LogP contribution in [0.3, 0.4) is 0 Å². The molecular weight excluding hydrogens is 302 g/mol. The van der Waals surface area contributed by atoms with Crippen LogP contribution >= 0.6 is 0 Å². The average Bonchev–Trinajstić information content (AvgIpc) is 2.91. The molecule has 0 saturated heterocycles. The summed E-state index contributed by atoms with van der Waals surface area (Å²) in [6.45, 7) is 4.97. The SMILES string of the molecule is CC(C)(C)OC(=O)N[C@@H](Cc1ccc2c(c1)OCO2)[C@H](O)CO. The predicted octanol–water partition coefficient (Wildman–Crippen LogP) is 1.20. The molecular formula is C16H23NO6. The Morgan fingerprint density at radius 2 is 2.04 bits per heavy atom. The molecule has 1 aromatic carbocycles. The lowest BCUT2D eigenvalue weighted by Crippen LogP contribution is -2.48. The molecule has 1 amide bonds. The molecule has 2 rings (SSSR count). The number of nitrogens with one attached hydrogen (secondary N) is 1. The van der Waals surface area contributed by atoms with Crippen molar-refractivity contribution in [1.29, 1.82) is 0 Å². The highest BCUT2D eigenvalue weighted by molar-refractivity contribution is 5.68. The van der Waals surface area contributed by atoms with Crippen molar-refractivity contribution in [2.75, 3.05) is 13.4 Å². The van der Waals surface area contributed by atoms with E-state index in [1.54, 1.807) is 32.9 Å². The third kappa shape index (κ3) is 5.01. The van der Waals surface area contributed by atoms with Crippen LogP contribution in [-0.4, -0.2) is 47.5 Å². The fourth-order valence-electron chi connectivity index (χ4n) is 2.19. The fraction of sp³-hybridized carbons (Fsp3) is 0.562. The van der Waals surface area contributed by atoms with E-state index in [1.165, 1.54) is 0 Å². The van der Waals surface area contributed by atoms with E-state index in [1.807, 2.05) is 6.07 Å². The molecule has 0 spiro atoms. The molecule has 3 N–H and O–H groups in total. The van der Waals surface area contributed by atoms with E-state index in [0.29, 0.717) is 17.9 Å². The second-order valence-electron chi connectivity index (χ2n) is 6.39. The number of hydrogen-bond acceptors (Lipinski definition) is 6. The van der Waals surface area contributed by atoms with Crippen molar-refractivity contribution in [3.63, 3.8) is 0 Å². The molecule has 0 aliphatic carbocycles. The van der Waals surface area contributed by atoms with Crippen LogP contribution in [0.1, 0.15) is 26.3 Å². The maximum atomic E-state index is 11.9. The van der Waals surface area contributed by atoms with Crippen molar-refractivity contribution in [2.24, 2.45) is 0 Å². The first-order chi connectivity index (χ1) is 10.8. The summed E-state index contributed by atoms with van der Waals surface area (Å²) in [5, 5.41) is 21.7. The van der Waals surface area contributed by atoms with Gasteiger partial charge in [0.05, 0.1) is 18.8 Å². The van der Waals surface area contributed by atoms with Gasteiger partial charge in [-0.15, -0.1) is 0 Å². The van der Waals surface area contributed by atoms with Crippen molar-refractivity contribution in [2.45, 2.75) is 44.9 Å². The van der Waals surface area contributed by atoms with Crippen molar-refractivity contribution < 1.29 is 29.2 Å². The van der Waals surface area contributed by atoms with Crippen molar-refractivity contribution in [1.82, 2.24) is 5.32 Å².